The SMILES string of the molecule is CC[C@]1(Cn2cc(C3CCCCC3)c3ccc(C(=O)NS(=O)(=O)N(C)C)cc32)C[C@H]1c1cc(C)ccc1Br. The highest BCUT2D eigenvalue weighted by Crippen LogP contribution is 2.64. The highest BCUT2D eigenvalue weighted by molar-refractivity contribution is 9.10. The van der Waals surface area contributed by atoms with Crippen LogP contribution in [-0.4, -0.2) is 37.3 Å². The molecule has 0 spiro atoms. The van der Waals surface area contributed by atoms with Crippen molar-refractivity contribution in [2.45, 2.75) is 77.2 Å². The summed E-state index contributed by atoms with van der Waals surface area (Å²) in [5.74, 6) is 0.402. The lowest BCUT2D eigenvalue weighted by atomic mass is 9.84. The number of hydrogen-bond donors (Lipinski definition) is 1. The molecule has 204 valence electrons. The Labute approximate surface area is 235 Å². The second kappa shape index (κ2) is 10.4. The fourth-order valence-corrected chi connectivity index (χ4v) is 7.39. The van der Waals surface area contributed by atoms with Gasteiger partial charge in [0.05, 0.1) is 0 Å². The van der Waals surface area contributed by atoms with Gasteiger partial charge in [-0.05, 0) is 79.2 Å². The molecule has 1 heterocycles. The van der Waals surface area contributed by atoms with Gasteiger partial charge in [-0.15, -0.1) is 0 Å². The molecule has 0 aliphatic heterocycles. The average molecular weight is 601 g/mol. The van der Waals surface area contributed by atoms with E-state index in [0.717, 1.165) is 29.2 Å². The number of amides is 1. The minimum atomic E-state index is -3.87. The van der Waals surface area contributed by atoms with Crippen LogP contribution < -0.4 is 4.72 Å². The van der Waals surface area contributed by atoms with Crippen LogP contribution in [-0.2, 0) is 16.8 Å². The molecule has 0 bridgehead atoms. The zero-order valence-electron chi connectivity index (χ0n) is 22.8. The highest BCUT2D eigenvalue weighted by Gasteiger charge is 2.54. The van der Waals surface area contributed by atoms with Crippen molar-refractivity contribution in [3.05, 3.63) is 69.3 Å². The summed E-state index contributed by atoms with van der Waals surface area (Å²) in [5, 5.41) is 1.18. The van der Waals surface area contributed by atoms with Gasteiger partial charge in [-0.2, -0.15) is 12.7 Å². The first-order valence-electron chi connectivity index (χ1n) is 13.7. The van der Waals surface area contributed by atoms with E-state index in [4.69, 9.17) is 0 Å². The zero-order chi connectivity index (χ0) is 27.2. The van der Waals surface area contributed by atoms with Crippen LogP contribution in [0.5, 0.6) is 0 Å². The molecule has 2 atom stereocenters. The van der Waals surface area contributed by atoms with E-state index in [1.807, 2.05) is 12.1 Å². The molecule has 0 radical (unpaired) electrons. The zero-order valence-corrected chi connectivity index (χ0v) is 25.2. The van der Waals surface area contributed by atoms with Crippen LogP contribution in [0.15, 0.2) is 47.1 Å². The van der Waals surface area contributed by atoms with Crippen LogP contribution >= 0.6 is 15.9 Å². The lowest BCUT2D eigenvalue weighted by Gasteiger charge is -2.21. The van der Waals surface area contributed by atoms with E-state index < -0.39 is 16.1 Å². The molecule has 0 saturated heterocycles. The summed E-state index contributed by atoms with van der Waals surface area (Å²) in [5.41, 5.74) is 5.55. The number of aryl methyl sites for hydroxylation is 1. The summed E-state index contributed by atoms with van der Waals surface area (Å²) in [7, 11) is -1.05. The van der Waals surface area contributed by atoms with Gasteiger partial charge in [0, 0.05) is 47.8 Å². The van der Waals surface area contributed by atoms with Crippen LogP contribution in [0, 0.1) is 12.3 Å². The highest BCUT2D eigenvalue weighted by atomic mass is 79.9. The monoisotopic (exact) mass is 599 g/mol. The summed E-state index contributed by atoms with van der Waals surface area (Å²) in [4.78, 5) is 13.0. The number of fused-ring (bicyclic) bond motifs is 1. The third kappa shape index (κ3) is 5.19. The van der Waals surface area contributed by atoms with E-state index in [2.05, 4.69) is 63.5 Å². The van der Waals surface area contributed by atoms with Crippen molar-refractivity contribution in [3.8, 4) is 0 Å². The lowest BCUT2D eigenvalue weighted by molar-refractivity contribution is 0.0980. The first kappa shape index (κ1) is 27.4. The molecule has 3 aromatic rings. The largest absolute Gasteiger partial charge is 0.347 e. The summed E-state index contributed by atoms with van der Waals surface area (Å²) >= 11 is 3.79. The van der Waals surface area contributed by atoms with Gasteiger partial charge in [0.15, 0.2) is 0 Å². The molecule has 2 fully saturated rings. The standard InChI is InChI=1S/C30H38BrN3O3S/c1-5-30(17-26(30)24-15-20(2)11-14-27(24)31)19-34-18-25(21-9-7-6-8-10-21)23-13-12-22(16-28(23)34)29(35)32-38(36,37)33(3)4/h11-16,18,21,26H,5-10,17,19H2,1-4H3,(H,32,35)/t26-,30+/m0/s1. The fourth-order valence-electron chi connectivity index (χ4n) is 6.33. The maximum atomic E-state index is 13.0. The predicted octanol–water partition coefficient (Wildman–Crippen LogP) is 6.88. The number of hydrogen-bond acceptors (Lipinski definition) is 3. The van der Waals surface area contributed by atoms with Crippen molar-refractivity contribution in [3.63, 3.8) is 0 Å². The quantitative estimate of drug-likeness (QED) is 0.307. The number of halogens is 1. The van der Waals surface area contributed by atoms with Crippen molar-refractivity contribution in [2.24, 2.45) is 5.41 Å². The molecule has 0 unspecified atom stereocenters. The van der Waals surface area contributed by atoms with E-state index in [1.165, 1.54) is 72.7 Å². The molecule has 2 aromatic carbocycles. The van der Waals surface area contributed by atoms with E-state index in [9.17, 15) is 13.2 Å². The molecule has 1 N–H and O–H groups in total. The molecule has 38 heavy (non-hydrogen) atoms. The molecular weight excluding hydrogens is 562 g/mol. The van der Waals surface area contributed by atoms with Crippen LogP contribution in [0.1, 0.15) is 90.8 Å². The summed E-state index contributed by atoms with van der Waals surface area (Å²) in [6.45, 7) is 5.30. The van der Waals surface area contributed by atoms with Gasteiger partial charge in [0.2, 0.25) is 0 Å². The molecule has 2 aliphatic carbocycles. The molecule has 1 amide bonds. The molecular formula is C30H38BrN3O3S. The predicted molar refractivity (Wildman–Crippen MR) is 157 cm³/mol. The molecule has 1 aromatic heterocycles. The number of benzene rings is 2. The second-order valence-corrected chi connectivity index (χ2v) is 14.2. The number of carbonyl (C=O) groups is 1. The third-order valence-corrected chi connectivity index (χ3v) is 11.0. The van der Waals surface area contributed by atoms with Gasteiger partial charge in [0.25, 0.3) is 5.91 Å². The van der Waals surface area contributed by atoms with Gasteiger partial charge in [-0.25, -0.2) is 4.72 Å². The van der Waals surface area contributed by atoms with Gasteiger partial charge in [-0.1, -0.05) is 65.9 Å². The number of carbonyl (C=O) groups excluding carboxylic acids is 1. The van der Waals surface area contributed by atoms with E-state index in [-0.39, 0.29) is 5.41 Å². The topological polar surface area (TPSA) is 71.4 Å². The summed E-state index contributed by atoms with van der Waals surface area (Å²) in [6, 6.07) is 12.3. The van der Waals surface area contributed by atoms with Crippen LogP contribution in [0.25, 0.3) is 10.9 Å². The number of aromatic nitrogens is 1. The van der Waals surface area contributed by atoms with Crippen LogP contribution in [0.4, 0.5) is 0 Å². The minimum Gasteiger partial charge on any atom is -0.347 e. The summed E-state index contributed by atoms with van der Waals surface area (Å²) < 4.78 is 31.3. The molecule has 5 rings (SSSR count). The van der Waals surface area contributed by atoms with Crippen LogP contribution in [0.3, 0.4) is 0 Å². The minimum absolute atomic E-state index is 0.151. The van der Waals surface area contributed by atoms with Crippen molar-refractivity contribution in [1.29, 1.82) is 0 Å². The fraction of sp³-hybridized carbons (Fsp3) is 0.500. The van der Waals surface area contributed by atoms with Gasteiger partial charge in [-0.3, -0.25) is 4.79 Å². The summed E-state index contributed by atoms with van der Waals surface area (Å²) in [6.07, 6.45) is 10.7. The van der Waals surface area contributed by atoms with E-state index in [1.54, 1.807) is 6.07 Å². The number of nitrogens with zero attached hydrogens (tertiary/aromatic N) is 2. The third-order valence-electron chi connectivity index (χ3n) is 8.83. The van der Waals surface area contributed by atoms with Crippen LogP contribution in [0.2, 0.25) is 0 Å². The first-order valence-corrected chi connectivity index (χ1v) is 15.9. The molecule has 2 aliphatic rings. The smallest absolute Gasteiger partial charge is 0.303 e. The lowest BCUT2D eigenvalue weighted by Crippen LogP contribution is -2.39. The number of nitrogens with one attached hydrogen (secondary N) is 1. The molecule has 2 saturated carbocycles. The molecule has 8 heteroatoms. The van der Waals surface area contributed by atoms with Gasteiger partial charge >= 0.3 is 10.2 Å². The van der Waals surface area contributed by atoms with E-state index >= 15 is 0 Å². The second-order valence-electron chi connectivity index (χ2n) is 11.5. The Kier molecular flexibility index (Phi) is 7.52. The number of rotatable bonds is 8. The maximum absolute atomic E-state index is 13.0. The normalized spacial score (nSPS) is 22.2. The first-order chi connectivity index (χ1) is 18.0. The Bertz CT molecular complexity index is 1470. The maximum Gasteiger partial charge on any atom is 0.303 e. The van der Waals surface area contributed by atoms with Gasteiger partial charge < -0.3 is 4.57 Å². The average Bonchev–Trinajstić information content (AvgIpc) is 3.50. The Hall–Kier alpha value is -2.16. The van der Waals surface area contributed by atoms with Gasteiger partial charge in [0.1, 0.15) is 0 Å². The van der Waals surface area contributed by atoms with E-state index in [0.29, 0.717) is 17.4 Å². The Balaban J connectivity index is 1.53. The van der Waals surface area contributed by atoms with Crippen molar-refractivity contribution in [2.75, 3.05) is 14.1 Å². The Morgan fingerprint density at radius 3 is 2.53 bits per heavy atom. The Morgan fingerprint density at radius 2 is 1.84 bits per heavy atom. The van der Waals surface area contributed by atoms with Crippen molar-refractivity contribution >= 4 is 42.9 Å². The van der Waals surface area contributed by atoms with Crippen molar-refractivity contribution in [1.82, 2.24) is 13.6 Å². The van der Waals surface area contributed by atoms with Crippen molar-refractivity contribution < 1.29 is 13.2 Å². The molecule has 6 nitrogen and oxygen atoms in total. The Morgan fingerprint density at radius 1 is 1.11 bits per heavy atom.